The SMILES string of the molecule is C=CCC(C(=O)OCc1ccccc1)C1CC1. The van der Waals surface area contributed by atoms with Crippen molar-refractivity contribution in [2.45, 2.75) is 25.9 Å². The minimum absolute atomic E-state index is 0.0243. The molecule has 2 nitrogen and oxygen atoms in total. The van der Waals surface area contributed by atoms with E-state index in [2.05, 4.69) is 6.58 Å². The number of esters is 1. The van der Waals surface area contributed by atoms with Crippen molar-refractivity contribution in [1.29, 1.82) is 0 Å². The number of hydrogen-bond acceptors (Lipinski definition) is 2. The van der Waals surface area contributed by atoms with Gasteiger partial charge in [-0.15, -0.1) is 6.58 Å². The molecule has 17 heavy (non-hydrogen) atoms. The van der Waals surface area contributed by atoms with Crippen LogP contribution in [0.2, 0.25) is 0 Å². The molecule has 1 aliphatic rings. The average Bonchev–Trinajstić information content (AvgIpc) is 3.18. The highest BCUT2D eigenvalue weighted by molar-refractivity contribution is 5.73. The lowest BCUT2D eigenvalue weighted by molar-refractivity contribution is -0.150. The summed E-state index contributed by atoms with van der Waals surface area (Å²) < 4.78 is 5.36. The second kappa shape index (κ2) is 5.67. The van der Waals surface area contributed by atoms with Gasteiger partial charge in [0.15, 0.2) is 0 Å². The van der Waals surface area contributed by atoms with Gasteiger partial charge < -0.3 is 4.74 Å². The normalized spacial score (nSPS) is 16.2. The predicted molar refractivity (Wildman–Crippen MR) is 67.3 cm³/mol. The van der Waals surface area contributed by atoms with Crippen LogP contribution in [0.25, 0.3) is 0 Å². The molecule has 1 aromatic rings. The van der Waals surface area contributed by atoms with Gasteiger partial charge in [0.25, 0.3) is 0 Å². The molecule has 1 saturated carbocycles. The first-order valence-corrected chi connectivity index (χ1v) is 6.12. The lowest BCUT2D eigenvalue weighted by Crippen LogP contribution is -2.19. The number of hydrogen-bond donors (Lipinski definition) is 0. The highest BCUT2D eigenvalue weighted by atomic mass is 16.5. The molecule has 0 radical (unpaired) electrons. The summed E-state index contributed by atoms with van der Waals surface area (Å²) in [6.45, 7) is 4.08. The summed E-state index contributed by atoms with van der Waals surface area (Å²) in [5, 5.41) is 0. The van der Waals surface area contributed by atoms with Crippen LogP contribution in [0.15, 0.2) is 43.0 Å². The maximum Gasteiger partial charge on any atom is 0.309 e. The molecule has 0 heterocycles. The van der Waals surface area contributed by atoms with E-state index in [0.717, 1.165) is 24.8 Å². The van der Waals surface area contributed by atoms with Gasteiger partial charge in [-0.05, 0) is 30.7 Å². The maximum absolute atomic E-state index is 11.9. The Morgan fingerprint density at radius 2 is 2.12 bits per heavy atom. The zero-order valence-corrected chi connectivity index (χ0v) is 9.97. The van der Waals surface area contributed by atoms with E-state index in [0.29, 0.717) is 12.5 Å². The first-order valence-electron chi connectivity index (χ1n) is 6.12. The van der Waals surface area contributed by atoms with E-state index < -0.39 is 0 Å². The zero-order chi connectivity index (χ0) is 12.1. The van der Waals surface area contributed by atoms with Crippen LogP contribution >= 0.6 is 0 Å². The molecule has 2 rings (SSSR count). The highest BCUT2D eigenvalue weighted by Crippen LogP contribution is 2.39. The summed E-state index contributed by atoms with van der Waals surface area (Å²) in [5.74, 6) is 0.476. The van der Waals surface area contributed by atoms with Crippen molar-refractivity contribution in [1.82, 2.24) is 0 Å². The molecule has 0 aromatic heterocycles. The van der Waals surface area contributed by atoms with E-state index >= 15 is 0 Å². The van der Waals surface area contributed by atoms with Gasteiger partial charge in [-0.2, -0.15) is 0 Å². The molecule has 1 aliphatic carbocycles. The number of allylic oxidation sites excluding steroid dienone is 1. The van der Waals surface area contributed by atoms with Crippen LogP contribution in [0, 0.1) is 11.8 Å². The Morgan fingerprint density at radius 1 is 1.41 bits per heavy atom. The van der Waals surface area contributed by atoms with Crippen LogP contribution in [0.4, 0.5) is 0 Å². The van der Waals surface area contributed by atoms with Crippen molar-refractivity contribution in [2.75, 3.05) is 0 Å². The fourth-order valence-electron chi connectivity index (χ4n) is 2.00. The second-order valence-corrected chi connectivity index (χ2v) is 4.56. The number of ether oxygens (including phenoxy) is 1. The van der Waals surface area contributed by atoms with Gasteiger partial charge in [0.1, 0.15) is 6.61 Å². The molecule has 90 valence electrons. The second-order valence-electron chi connectivity index (χ2n) is 4.56. The summed E-state index contributed by atoms with van der Waals surface area (Å²) in [6.07, 6.45) is 4.85. The summed E-state index contributed by atoms with van der Waals surface area (Å²) in [5.41, 5.74) is 1.04. The van der Waals surface area contributed by atoms with E-state index in [9.17, 15) is 4.79 Å². The molecular weight excluding hydrogens is 212 g/mol. The lowest BCUT2D eigenvalue weighted by atomic mass is 10.0. The Balaban J connectivity index is 1.85. The molecule has 1 unspecified atom stereocenters. The first-order chi connectivity index (χ1) is 8.31. The van der Waals surface area contributed by atoms with Crippen LogP contribution in [0.3, 0.4) is 0 Å². The minimum Gasteiger partial charge on any atom is -0.461 e. The third kappa shape index (κ3) is 3.45. The van der Waals surface area contributed by atoms with Crippen molar-refractivity contribution in [3.8, 4) is 0 Å². The Bertz CT molecular complexity index is 379. The van der Waals surface area contributed by atoms with Gasteiger partial charge in [-0.25, -0.2) is 0 Å². The molecule has 1 aromatic carbocycles. The molecule has 0 saturated heterocycles. The van der Waals surface area contributed by atoms with Crippen LogP contribution in [-0.2, 0) is 16.1 Å². The predicted octanol–water partition coefficient (Wildman–Crippen LogP) is 3.33. The molecule has 1 atom stereocenters. The molecular formula is C15H18O2. The van der Waals surface area contributed by atoms with E-state index in [1.165, 1.54) is 0 Å². The summed E-state index contributed by atoms with van der Waals surface area (Å²) in [7, 11) is 0. The topological polar surface area (TPSA) is 26.3 Å². The Kier molecular flexibility index (Phi) is 3.97. The van der Waals surface area contributed by atoms with Crippen LogP contribution in [0.5, 0.6) is 0 Å². The minimum atomic E-state index is -0.0729. The van der Waals surface area contributed by atoms with Crippen LogP contribution in [-0.4, -0.2) is 5.97 Å². The van der Waals surface area contributed by atoms with Crippen molar-refractivity contribution in [3.05, 3.63) is 48.6 Å². The van der Waals surface area contributed by atoms with E-state index in [4.69, 9.17) is 4.74 Å². The van der Waals surface area contributed by atoms with Crippen molar-refractivity contribution >= 4 is 5.97 Å². The highest BCUT2D eigenvalue weighted by Gasteiger charge is 2.36. The van der Waals surface area contributed by atoms with Crippen LogP contribution in [0.1, 0.15) is 24.8 Å². The van der Waals surface area contributed by atoms with Crippen molar-refractivity contribution in [2.24, 2.45) is 11.8 Å². The fourth-order valence-corrected chi connectivity index (χ4v) is 2.00. The molecule has 2 heteroatoms. The van der Waals surface area contributed by atoms with E-state index in [-0.39, 0.29) is 11.9 Å². The standard InChI is InChI=1S/C15H18O2/c1-2-6-14(13-9-10-13)15(16)17-11-12-7-4-3-5-8-12/h2-5,7-8,13-14H,1,6,9-11H2. The average molecular weight is 230 g/mol. The third-order valence-corrected chi connectivity index (χ3v) is 3.14. The fraction of sp³-hybridized carbons (Fsp3) is 0.400. The molecule has 0 spiro atoms. The summed E-state index contributed by atoms with van der Waals surface area (Å²) in [4.78, 5) is 11.9. The molecule has 0 N–H and O–H groups in total. The van der Waals surface area contributed by atoms with Gasteiger partial charge in [0, 0.05) is 0 Å². The smallest absolute Gasteiger partial charge is 0.309 e. The number of carbonyl (C=O) groups excluding carboxylic acids is 1. The van der Waals surface area contributed by atoms with Crippen molar-refractivity contribution < 1.29 is 9.53 Å². The molecule has 0 bridgehead atoms. The Labute approximate surface area is 102 Å². The Morgan fingerprint density at radius 3 is 2.71 bits per heavy atom. The largest absolute Gasteiger partial charge is 0.461 e. The lowest BCUT2D eigenvalue weighted by Gasteiger charge is -2.13. The van der Waals surface area contributed by atoms with Crippen LogP contribution < -0.4 is 0 Å². The third-order valence-electron chi connectivity index (χ3n) is 3.14. The molecule has 0 amide bonds. The monoisotopic (exact) mass is 230 g/mol. The molecule has 0 aliphatic heterocycles. The molecule has 1 fully saturated rings. The first kappa shape index (κ1) is 11.9. The van der Waals surface area contributed by atoms with Gasteiger partial charge in [-0.1, -0.05) is 36.4 Å². The number of benzene rings is 1. The van der Waals surface area contributed by atoms with Gasteiger partial charge >= 0.3 is 5.97 Å². The quantitative estimate of drug-likeness (QED) is 0.553. The van der Waals surface area contributed by atoms with Gasteiger partial charge in [-0.3, -0.25) is 4.79 Å². The van der Waals surface area contributed by atoms with E-state index in [1.807, 2.05) is 36.4 Å². The van der Waals surface area contributed by atoms with Gasteiger partial charge in [0.05, 0.1) is 5.92 Å². The van der Waals surface area contributed by atoms with E-state index in [1.54, 1.807) is 0 Å². The number of carbonyl (C=O) groups is 1. The van der Waals surface area contributed by atoms with Crippen molar-refractivity contribution in [3.63, 3.8) is 0 Å². The Hall–Kier alpha value is -1.57. The van der Waals surface area contributed by atoms with Gasteiger partial charge in [0.2, 0.25) is 0 Å². The summed E-state index contributed by atoms with van der Waals surface area (Å²) in [6, 6.07) is 9.78. The summed E-state index contributed by atoms with van der Waals surface area (Å²) >= 11 is 0. The zero-order valence-electron chi connectivity index (χ0n) is 9.97. The number of rotatable bonds is 6. The maximum atomic E-state index is 11.9.